The van der Waals surface area contributed by atoms with Gasteiger partial charge in [-0.3, -0.25) is 4.98 Å². The fourth-order valence-corrected chi connectivity index (χ4v) is 3.01. The number of aromatic nitrogens is 3. The average molecular weight is 286 g/mol. The van der Waals surface area contributed by atoms with Gasteiger partial charge < -0.3 is 4.57 Å². The van der Waals surface area contributed by atoms with Gasteiger partial charge in [-0.2, -0.15) is 0 Å². The van der Waals surface area contributed by atoms with Gasteiger partial charge in [-0.1, -0.05) is 18.2 Å². The first-order valence-electron chi connectivity index (χ1n) is 7.15. The van der Waals surface area contributed by atoms with Gasteiger partial charge in [0.1, 0.15) is 11.3 Å². The molecular weight excluding hydrogens is 270 g/mol. The van der Waals surface area contributed by atoms with E-state index in [1.54, 1.807) is 0 Å². The summed E-state index contributed by atoms with van der Waals surface area (Å²) in [6.07, 6.45) is 5.38. The third-order valence-electron chi connectivity index (χ3n) is 4.01. The number of para-hydroxylation sites is 1. The van der Waals surface area contributed by atoms with Crippen molar-refractivity contribution in [3.8, 4) is 0 Å². The first kappa shape index (κ1) is 12.2. The normalized spacial score (nSPS) is 15.2. The summed E-state index contributed by atoms with van der Waals surface area (Å²) in [4.78, 5) is 9.26. The van der Waals surface area contributed by atoms with Gasteiger partial charge in [0.15, 0.2) is 0 Å². The Bertz CT molecular complexity index is 774. The molecule has 2 heterocycles. The second kappa shape index (κ2) is 4.74. The van der Waals surface area contributed by atoms with Crippen LogP contribution in [0, 0.1) is 5.92 Å². The number of rotatable bonds is 4. The quantitative estimate of drug-likeness (QED) is 0.683. The number of aryl methyl sites for hydroxylation is 1. The maximum Gasteiger partial charge on any atom is 0.111 e. The highest BCUT2D eigenvalue weighted by atomic mass is 35.5. The molecule has 1 fully saturated rings. The Balaban J connectivity index is 2.00. The summed E-state index contributed by atoms with van der Waals surface area (Å²) < 4.78 is 2.37. The van der Waals surface area contributed by atoms with E-state index in [4.69, 9.17) is 16.6 Å². The molecule has 20 heavy (non-hydrogen) atoms. The first-order chi connectivity index (χ1) is 9.86. The molecule has 0 saturated heterocycles. The zero-order chi connectivity index (χ0) is 13.5. The summed E-state index contributed by atoms with van der Waals surface area (Å²) in [7, 11) is 0. The van der Waals surface area contributed by atoms with Gasteiger partial charge in [-0.05, 0) is 24.8 Å². The summed E-state index contributed by atoms with van der Waals surface area (Å²) in [5.74, 6) is 2.52. The Kier molecular flexibility index (Phi) is 2.88. The van der Waals surface area contributed by atoms with Gasteiger partial charge in [-0.25, -0.2) is 4.98 Å². The average Bonchev–Trinajstić information content (AvgIpc) is 3.22. The summed E-state index contributed by atoms with van der Waals surface area (Å²) in [5, 5.41) is 1.19. The Morgan fingerprint density at radius 1 is 1.20 bits per heavy atom. The van der Waals surface area contributed by atoms with E-state index in [1.165, 1.54) is 23.7 Å². The summed E-state index contributed by atoms with van der Waals surface area (Å²) in [6.45, 7) is 1.07. The number of hydrogen-bond acceptors (Lipinski definition) is 2. The van der Waals surface area contributed by atoms with Gasteiger partial charge >= 0.3 is 0 Å². The van der Waals surface area contributed by atoms with Crippen LogP contribution < -0.4 is 0 Å². The molecule has 0 atom stereocenters. The molecule has 0 amide bonds. The van der Waals surface area contributed by atoms with Crippen molar-refractivity contribution < 1.29 is 0 Å². The van der Waals surface area contributed by atoms with Crippen LogP contribution in [-0.4, -0.2) is 20.4 Å². The molecule has 0 aliphatic heterocycles. The third kappa shape index (κ3) is 1.97. The molecule has 0 bridgehead atoms. The number of fused-ring (bicyclic) bond motifs is 3. The van der Waals surface area contributed by atoms with E-state index in [2.05, 4.69) is 27.8 Å². The molecule has 102 valence electrons. The van der Waals surface area contributed by atoms with Crippen molar-refractivity contribution in [3.63, 3.8) is 0 Å². The van der Waals surface area contributed by atoms with Crippen LogP contribution in [0.2, 0.25) is 0 Å². The molecule has 1 aromatic carbocycles. The van der Waals surface area contributed by atoms with Gasteiger partial charge in [-0.15, -0.1) is 11.6 Å². The van der Waals surface area contributed by atoms with E-state index in [0.717, 1.165) is 35.7 Å². The van der Waals surface area contributed by atoms with Crippen LogP contribution in [0.4, 0.5) is 0 Å². The number of benzene rings is 1. The lowest BCUT2D eigenvalue weighted by molar-refractivity contribution is 0.616. The summed E-state index contributed by atoms with van der Waals surface area (Å²) >= 11 is 5.94. The smallest absolute Gasteiger partial charge is 0.111 e. The van der Waals surface area contributed by atoms with Gasteiger partial charge in [0.25, 0.3) is 0 Å². The van der Waals surface area contributed by atoms with Crippen molar-refractivity contribution in [2.24, 2.45) is 5.92 Å². The van der Waals surface area contributed by atoms with Crippen LogP contribution in [0.15, 0.2) is 30.5 Å². The Morgan fingerprint density at radius 2 is 2.05 bits per heavy atom. The van der Waals surface area contributed by atoms with Crippen molar-refractivity contribution in [1.29, 1.82) is 0 Å². The SMILES string of the molecule is ClCCc1nc2cnc3ccccc3c2n1CC1CC1. The van der Waals surface area contributed by atoms with Crippen LogP contribution in [0.25, 0.3) is 21.9 Å². The van der Waals surface area contributed by atoms with Crippen molar-refractivity contribution >= 4 is 33.5 Å². The number of halogens is 1. The molecule has 1 aliphatic rings. The molecule has 4 heteroatoms. The van der Waals surface area contributed by atoms with Crippen LogP contribution >= 0.6 is 11.6 Å². The molecule has 1 saturated carbocycles. The van der Waals surface area contributed by atoms with E-state index >= 15 is 0 Å². The lowest BCUT2D eigenvalue weighted by Crippen LogP contribution is -2.06. The second-order valence-electron chi connectivity index (χ2n) is 5.53. The maximum atomic E-state index is 5.94. The molecular formula is C16H16ClN3. The molecule has 0 N–H and O–H groups in total. The largest absolute Gasteiger partial charge is 0.327 e. The molecule has 0 radical (unpaired) electrons. The molecule has 1 aliphatic carbocycles. The predicted octanol–water partition coefficient (Wildman–Crippen LogP) is 3.78. The minimum absolute atomic E-state index is 0.610. The minimum Gasteiger partial charge on any atom is -0.327 e. The first-order valence-corrected chi connectivity index (χ1v) is 7.69. The fourth-order valence-electron chi connectivity index (χ4n) is 2.84. The molecule has 4 rings (SSSR count). The molecule has 2 aromatic heterocycles. The highest BCUT2D eigenvalue weighted by Gasteiger charge is 2.24. The second-order valence-corrected chi connectivity index (χ2v) is 5.91. The molecule has 0 spiro atoms. The number of hydrogen-bond donors (Lipinski definition) is 0. The van der Waals surface area contributed by atoms with E-state index in [1.807, 2.05) is 12.3 Å². The monoisotopic (exact) mass is 285 g/mol. The Hall–Kier alpha value is -1.61. The van der Waals surface area contributed by atoms with Crippen LogP contribution in [0.1, 0.15) is 18.7 Å². The van der Waals surface area contributed by atoms with Crippen LogP contribution in [0.5, 0.6) is 0 Å². The maximum absolute atomic E-state index is 5.94. The standard InChI is InChI=1S/C16H16ClN3/c17-8-7-15-19-14-9-18-13-4-2-1-3-12(13)16(14)20(15)10-11-5-6-11/h1-4,9,11H,5-8,10H2. The van der Waals surface area contributed by atoms with E-state index in [-0.39, 0.29) is 0 Å². The Morgan fingerprint density at radius 3 is 2.85 bits per heavy atom. The Labute approximate surface area is 122 Å². The van der Waals surface area contributed by atoms with Crippen molar-refractivity contribution in [2.45, 2.75) is 25.8 Å². The topological polar surface area (TPSA) is 30.7 Å². The highest BCUT2D eigenvalue weighted by Crippen LogP contribution is 2.34. The summed E-state index contributed by atoms with van der Waals surface area (Å²) in [5.41, 5.74) is 3.25. The number of pyridine rings is 1. The van der Waals surface area contributed by atoms with Gasteiger partial charge in [0.05, 0.1) is 17.2 Å². The number of imidazole rings is 1. The third-order valence-corrected chi connectivity index (χ3v) is 4.20. The van der Waals surface area contributed by atoms with E-state index < -0.39 is 0 Å². The van der Waals surface area contributed by atoms with Crippen molar-refractivity contribution in [3.05, 3.63) is 36.3 Å². The molecule has 3 nitrogen and oxygen atoms in total. The van der Waals surface area contributed by atoms with Crippen molar-refractivity contribution in [2.75, 3.05) is 5.88 Å². The molecule has 0 unspecified atom stereocenters. The van der Waals surface area contributed by atoms with Gasteiger partial charge in [0, 0.05) is 24.2 Å². The van der Waals surface area contributed by atoms with E-state index in [0.29, 0.717) is 5.88 Å². The summed E-state index contributed by atoms with van der Waals surface area (Å²) in [6, 6.07) is 8.30. The van der Waals surface area contributed by atoms with E-state index in [9.17, 15) is 0 Å². The highest BCUT2D eigenvalue weighted by molar-refractivity contribution is 6.18. The van der Waals surface area contributed by atoms with Crippen LogP contribution in [-0.2, 0) is 13.0 Å². The van der Waals surface area contributed by atoms with Crippen LogP contribution in [0.3, 0.4) is 0 Å². The predicted molar refractivity (Wildman–Crippen MR) is 82.2 cm³/mol. The van der Waals surface area contributed by atoms with Crippen molar-refractivity contribution in [1.82, 2.24) is 14.5 Å². The minimum atomic E-state index is 0.610. The number of nitrogens with zero attached hydrogens (tertiary/aromatic N) is 3. The zero-order valence-corrected chi connectivity index (χ0v) is 12.0. The van der Waals surface area contributed by atoms with Gasteiger partial charge in [0.2, 0.25) is 0 Å². The zero-order valence-electron chi connectivity index (χ0n) is 11.2. The fraction of sp³-hybridized carbons (Fsp3) is 0.375. The number of alkyl halides is 1. The lowest BCUT2D eigenvalue weighted by Gasteiger charge is -2.09. The molecule has 3 aromatic rings. The lowest BCUT2D eigenvalue weighted by atomic mass is 10.2.